The number of thioether (sulfide) groups is 1. The monoisotopic (exact) mass is 282 g/mol. The molecule has 0 aliphatic heterocycles. The summed E-state index contributed by atoms with van der Waals surface area (Å²) in [4.78, 5) is 2.30. The maximum atomic E-state index is 8.49. The number of allylic oxidation sites excluding steroid dienone is 3. The topological polar surface area (TPSA) is 20.2 Å². The Morgan fingerprint density at radius 3 is 2.06 bits per heavy atom. The van der Waals surface area contributed by atoms with Crippen molar-refractivity contribution in [2.75, 3.05) is 6.26 Å². The van der Waals surface area contributed by atoms with Crippen molar-refractivity contribution in [2.24, 2.45) is 0 Å². The molecule has 1 aliphatic rings. The smallest absolute Gasteiger partial charge is 0.0307 e. The van der Waals surface area contributed by atoms with Crippen LogP contribution in [0.2, 0.25) is 0 Å². The highest BCUT2D eigenvalue weighted by molar-refractivity contribution is 7.98. The van der Waals surface area contributed by atoms with Gasteiger partial charge in [-0.15, -0.1) is 11.8 Å². The van der Waals surface area contributed by atoms with Gasteiger partial charge in [0.05, 0.1) is 0 Å². The van der Waals surface area contributed by atoms with Crippen LogP contribution < -0.4 is 0 Å². The molecule has 0 fully saturated rings. The molecule has 0 atom stereocenters. The molecule has 0 radical (unpaired) electrons. The zero-order chi connectivity index (χ0) is 13.6. The van der Waals surface area contributed by atoms with Crippen molar-refractivity contribution in [1.29, 1.82) is 0 Å². The van der Waals surface area contributed by atoms with E-state index in [9.17, 15) is 0 Å². The minimum atomic E-state index is 0.820. The predicted molar refractivity (Wildman–Crippen MR) is 86.2 cm³/mol. The number of rotatable bonds is 2. The van der Waals surface area contributed by atoms with Gasteiger partial charge in [0.2, 0.25) is 0 Å². The Balaban J connectivity index is 0.000000283. The standard InChI is InChI=1S/C7H8S.C6H8OS.C2H6/c1-8-7-5-3-2-4-6-7;7-8-6-4-2-1-3-5-6;1-2/h2-6H,1H3;2,4-5,7H,1,3H2;1-2H3. The molecule has 0 amide bonds. The first kappa shape index (κ1) is 17.4. The van der Waals surface area contributed by atoms with Crippen LogP contribution in [-0.2, 0) is 0 Å². The lowest BCUT2D eigenvalue weighted by atomic mass is 10.2. The van der Waals surface area contributed by atoms with Gasteiger partial charge < -0.3 is 4.55 Å². The first-order valence-electron chi connectivity index (χ1n) is 6.14. The Bertz CT molecular complexity index is 345. The van der Waals surface area contributed by atoms with E-state index < -0.39 is 0 Å². The van der Waals surface area contributed by atoms with Crippen molar-refractivity contribution in [2.45, 2.75) is 31.6 Å². The van der Waals surface area contributed by atoms with E-state index in [1.165, 1.54) is 4.90 Å². The molecule has 0 unspecified atom stereocenters. The molecule has 3 heteroatoms. The lowest BCUT2D eigenvalue weighted by Gasteiger charge is -1.98. The third-order valence-corrected chi connectivity index (χ3v) is 3.30. The van der Waals surface area contributed by atoms with Crippen molar-refractivity contribution >= 4 is 23.8 Å². The van der Waals surface area contributed by atoms with Crippen LogP contribution in [0.3, 0.4) is 0 Å². The summed E-state index contributed by atoms with van der Waals surface area (Å²) in [5, 5.41) is 0. The number of benzene rings is 1. The molecule has 0 heterocycles. The summed E-state index contributed by atoms with van der Waals surface area (Å²) in [6.45, 7) is 4.00. The summed E-state index contributed by atoms with van der Waals surface area (Å²) < 4.78 is 8.49. The molecule has 0 saturated carbocycles. The van der Waals surface area contributed by atoms with Crippen LogP contribution in [0.15, 0.2) is 58.4 Å². The van der Waals surface area contributed by atoms with Gasteiger partial charge in [0.25, 0.3) is 0 Å². The second-order valence-electron chi connectivity index (χ2n) is 3.19. The minimum Gasteiger partial charge on any atom is -0.325 e. The molecule has 0 aromatic heterocycles. The van der Waals surface area contributed by atoms with Crippen molar-refractivity contribution in [3.05, 3.63) is 53.5 Å². The molecule has 1 aliphatic carbocycles. The van der Waals surface area contributed by atoms with Crippen LogP contribution in [0.5, 0.6) is 0 Å². The van der Waals surface area contributed by atoms with E-state index in [0.717, 1.165) is 29.8 Å². The van der Waals surface area contributed by atoms with Gasteiger partial charge in [0.15, 0.2) is 0 Å². The highest BCUT2D eigenvalue weighted by Crippen LogP contribution is 2.18. The third kappa shape index (κ3) is 8.45. The van der Waals surface area contributed by atoms with Crippen LogP contribution in [0, 0.1) is 0 Å². The molecule has 1 aromatic rings. The van der Waals surface area contributed by atoms with Gasteiger partial charge in [0.1, 0.15) is 0 Å². The van der Waals surface area contributed by atoms with E-state index in [4.69, 9.17) is 4.55 Å². The lowest BCUT2D eigenvalue weighted by molar-refractivity contribution is 0.669. The second-order valence-corrected chi connectivity index (χ2v) is 4.73. The number of hydrogen-bond donors (Lipinski definition) is 1. The Labute approximate surface area is 120 Å². The highest BCUT2D eigenvalue weighted by Gasteiger charge is 1.93. The van der Waals surface area contributed by atoms with Crippen molar-refractivity contribution < 1.29 is 4.55 Å². The van der Waals surface area contributed by atoms with Crippen molar-refractivity contribution in [1.82, 2.24) is 0 Å². The van der Waals surface area contributed by atoms with Crippen LogP contribution in [0.4, 0.5) is 0 Å². The maximum absolute atomic E-state index is 8.49. The van der Waals surface area contributed by atoms with Crippen molar-refractivity contribution in [3.63, 3.8) is 0 Å². The molecule has 0 bridgehead atoms. The highest BCUT2D eigenvalue weighted by atomic mass is 32.2. The quantitative estimate of drug-likeness (QED) is 0.542. The van der Waals surface area contributed by atoms with Crippen LogP contribution >= 0.6 is 23.8 Å². The van der Waals surface area contributed by atoms with Gasteiger partial charge in [-0.25, -0.2) is 0 Å². The van der Waals surface area contributed by atoms with E-state index >= 15 is 0 Å². The van der Waals surface area contributed by atoms with Gasteiger partial charge in [-0.2, -0.15) is 0 Å². The fourth-order valence-corrected chi connectivity index (χ4v) is 1.99. The van der Waals surface area contributed by atoms with Crippen LogP contribution in [0.25, 0.3) is 0 Å². The summed E-state index contributed by atoms with van der Waals surface area (Å²) in [6, 6.07) is 10.3. The minimum absolute atomic E-state index is 0.820. The van der Waals surface area contributed by atoms with Gasteiger partial charge >= 0.3 is 0 Å². The molecular weight excluding hydrogens is 260 g/mol. The normalized spacial score (nSPS) is 12.6. The SMILES string of the molecule is CC.CSc1ccccc1.OSC1=CCCC=C1. The zero-order valence-corrected chi connectivity index (χ0v) is 12.9. The average molecular weight is 282 g/mol. The molecular formula is C15H22OS2. The van der Waals surface area contributed by atoms with E-state index in [2.05, 4.69) is 24.5 Å². The van der Waals surface area contributed by atoms with Gasteiger partial charge in [0, 0.05) is 21.8 Å². The van der Waals surface area contributed by atoms with Gasteiger partial charge in [-0.1, -0.05) is 50.3 Å². The third-order valence-electron chi connectivity index (χ3n) is 2.05. The average Bonchev–Trinajstić information content (AvgIpc) is 2.51. The van der Waals surface area contributed by atoms with E-state index in [1.54, 1.807) is 11.8 Å². The maximum Gasteiger partial charge on any atom is 0.0307 e. The summed E-state index contributed by atoms with van der Waals surface area (Å²) in [6.07, 6.45) is 10.3. The molecule has 1 nitrogen and oxygen atoms in total. The summed E-state index contributed by atoms with van der Waals surface area (Å²) in [5.41, 5.74) is 0. The fourth-order valence-electron chi connectivity index (χ4n) is 1.21. The summed E-state index contributed by atoms with van der Waals surface area (Å²) >= 11 is 2.59. The Kier molecular flexibility index (Phi) is 12.4. The lowest BCUT2D eigenvalue weighted by Crippen LogP contribution is -1.77. The molecule has 0 spiro atoms. The van der Waals surface area contributed by atoms with Gasteiger partial charge in [-0.05, 0) is 31.2 Å². The van der Waals surface area contributed by atoms with E-state index in [1.807, 2.05) is 44.2 Å². The van der Waals surface area contributed by atoms with Crippen LogP contribution in [-0.4, -0.2) is 10.8 Å². The fraction of sp³-hybridized carbons (Fsp3) is 0.333. The van der Waals surface area contributed by atoms with Crippen molar-refractivity contribution in [3.8, 4) is 0 Å². The number of hydrogen-bond acceptors (Lipinski definition) is 3. The summed E-state index contributed by atoms with van der Waals surface area (Å²) in [7, 11) is 0. The second kappa shape index (κ2) is 12.8. The molecule has 18 heavy (non-hydrogen) atoms. The zero-order valence-electron chi connectivity index (χ0n) is 11.3. The Morgan fingerprint density at radius 1 is 1.06 bits per heavy atom. The molecule has 1 aromatic carbocycles. The summed E-state index contributed by atoms with van der Waals surface area (Å²) in [5.74, 6) is 0. The first-order chi connectivity index (χ1) is 8.86. The Morgan fingerprint density at radius 2 is 1.72 bits per heavy atom. The molecule has 100 valence electrons. The predicted octanol–water partition coefficient (Wildman–Crippen LogP) is 5.86. The Hall–Kier alpha value is -0.640. The van der Waals surface area contributed by atoms with E-state index in [0.29, 0.717) is 0 Å². The molecule has 0 saturated heterocycles. The molecule has 1 N–H and O–H groups in total. The van der Waals surface area contributed by atoms with E-state index in [-0.39, 0.29) is 0 Å². The largest absolute Gasteiger partial charge is 0.325 e. The van der Waals surface area contributed by atoms with Crippen LogP contribution in [0.1, 0.15) is 26.7 Å². The first-order valence-corrected chi connectivity index (χ1v) is 8.14. The van der Waals surface area contributed by atoms with Gasteiger partial charge in [-0.3, -0.25) is 0 Å². The molecule has 2 rings (SSSR count).